The van der Waals surface area contributed by atoms with Crippen LogP contribution in [0.25, 0.3) is 0 Å². The van der Waals surface area contributed by atoms with Crippen LogP contribution < -0.4 is 5.73 Å². The smallest absolute Gasteiger partial charge is 0.307 e. The molecule has 0 aromatic carbocycles. The van der Waals surface area contributed by atoms with E-state index < -0.39 is 17.9 Å². The Labute approximate surface area is 95.3 Å². The van der Waals surface area contributed by atoms with Crippen molar-refractivity contribution in [3.8, 4) is 0 Å². The zero-order chi connectivity index (χ0) is 12.4. The predicted octanol–water partition coefficient (Wildman–Crippen LogP) is 0.935. The molecule has 0 amide bonds. The maximum atomic E-state index is 11.2. The Morgan fingerprint density at radius 2 is 2.12 bits per heavy atom. The van der Waals surface area contributed by atoms with Gasteiger partial charge >= 0.3 is 11.9 Å². The molecule has 0 aliphatic rings. The summed E-state index contributed by atoms with van der Waals surface area (Å²) in [6, 6.07) is 0. The minimum Gasteiger partial charge on any atom is -0.481 e. The molecule has 0 bridgehead atoms. The van der Waals surface area contributed by atoms with Crippen molar-refractivity contribution in [2.75, 3.05) is 13.2 Å². The molecule has 0 aromatic rings. The summed E-state index contributed by atoms with van der Waals surface area (Å²) in [4.78, 5) is 22.0. The fraction of sp³-hybridized carbons (Fsp3) is 0.636. The largest absolute Gasteiger partial charge is 0.481 e. The number of unbranched alkanes of at least 4 members (excludes halogenated alkanes) is 1. The monoisotopic (exact) mass is 229 g/mol. The van der Waals surface area contributed by atoms with Gasteiger partial charge in [0.2, 0.25) is 0 Å². The summed E-state index contributed by atoms with van der Waals surface area (Å²) in [6.07, 6.45) is 3.29. The van der Waals surface area contributed by atoms with Gasteiger partial charge in [0.15, 0.2) is 0 Å². The number of rotatable bonds is 9. The average molecular weight is 229 g/mol. The fourth-order valence-corrected chi connectivity index (χ4v) is 1.26. The Hall–Kier alpha value is -1.36. The number of carbonyl (C=O) groups is 2. The molecule has 0 aliphatic heterocycles. The van der Waals surface area contributed by atoms with Crippen molar-refractivity contribution in [2.24, 2.45) is 11.7 Å². The number of esters is 1. The number of carboxylic acid groups (broad SMARTS) is 1. The maximum Gasteiger partial charge on any atom is 0.307 e. The standard InChI is InChI=1S/C11H19NO4/c1-2-7-16-10(13)8-9(11(14)15)5-3-4-6-12/h2,9H,1,3-8,12H2,(H,14,15)/t9-/m1/s1. The summed E-state index contributed by atoms with van der Waals surface area (Å²) < 4.78 is 4.73. The van der Waals surface area contributed by atoms with Gasteiger partial charge in [0.25, 0.3) is 0 Å². The molecule has 0 heterocycles. The van der Waals surface area contributed by atoms with Crippen LogP contribution in [0.4, 0.5) is 0 Å². The number of ether oxygens (including phenoxy) is 1. The predicted molar refractivity (Wildman–Crippen MR) is 59.8 cm³/mol. The van der Waals surface area contributed by atoms with E-state index in [1.54, 1.807) is 0 Å². The number of carbonyl (C=O) groups excluding carboxylic acids is 1. The van der Waals surface area contributed by atoms with Crippen LogP contribution in [0.15, 0.2) is 12.7 Å². The third-order valence-electron chi connectivity index (χ3n) is 2.13. The summed E-state index contributed by atoms with van der Waals surface area (Å²) in [6.45, 7) is 4.05. The second-order valence-corrected chi connectivity index (χ2v) is 3.50. The third kappa shape index (κ3) is 7.00. The molecule has 0 saturated heterocycles. The van der Waals surface area contributed by atoms with Crippen molar-refractivity contribution in [3.05, 3.63) is 12.7 Å². The normalized spacial score (nSPS) is 11.8. The van der Waals surface area contributed by atoms with E-state index >= 15 is 0 Å². The minimum absolute atomic E-state index is 0.0895. The molecule has 5 nitrogen and oxygen atoms in total. The summed E-state index contributed by atoms with van der Waals surface area (Å²) in [5.41, 5.74) is 5.31. The zero-order valence-electron chi connectivity index (χ0n) is 9.35. The topological polar surface area (TPSA) is 89.6 Å². The highest BCUT2D eigenvalue weighted by molar-refractivity contribution is 5.78. The van der Waals surface area contributed by atoms with Crippen LogP contribution >= 0.6 is 0 Å². The van der Waals surface area contributed by atoms with E-state index in [0.29, 0.717) is 19.4 Å². The van der Waals surface area contributed by atoms with Crippen LogP contribution in [0.2, 0.25) is 0 Å². The minimum atomic E-state index is -0.965. The molecule has 3 N–H and O–H groups in total. The summed E-state index contributed by atoms with van der Waals surface area (Å²) in [5, 5.41) is 8.89. The highest BCUT2D eigenvalue weighted by Gasteiger charge is 2.21. The second kappa shape index (κ2) is 8.91. The summed E-state index contributed by atoms with van der Waals surface area (Å²) in [5.74, 6) is -2.14. The third-order valence-corrected chi connectivity index (χ3v) is 2.13. The molecule has 0 saturated carbocycles. The number of carboxylic acids is 1. The Morgan fingerprint density at radius 3 is 2.62 bits per heavy atom. The van der Waals surface area contributed by atoms with E-state index in [4.69, 9.17) is 15.6 Å². The van der Waals surface area contributed by atoms with Crippen LogP contribution in [0, 0.1) is 5.92 Å². The highest BCUT2D eigenvalue weighted by atomic mass is 16.5. The average Bonchev–Trinajstić information content (AvgIpc) is 2.25. The van der Waals surface area contributed by atoms with E-state index in [1.165, 1.54) is 6.08 Å². The molecule has 0 radical (unpaired) electrons. The first kappa shape index (κ1) is 14.6. The van der Waals surface area contributed by atoms with Crippen LogP contribution in [-0.2, 0) is 14.3 Å². The number of hydrogen-bond acceptors (Lipinski definition) is 4. The molecule has 0 aliphatic carbocycles. The lowest BCUT2D eigenvalue weighted by Crippen LogP contribution is -2.19. The first-order valence-electron chi connectivity index (χ1n) is 5.31. The Kier molecular flexibility index (Phi) is 8.15. The van der Waals surface area contributed by atoms with Gasteiger partial charge in [-0.1, -0.05) is 19.1 Å². The summed E-state index contributed by atoms with van der Waals surface area (Å²) >= 11 is 0. The second-order valence-electron chi connectivity index (χ2n) is 3.50. The molecule has 1 atom stereocenters. The number of nitrogens with two attached hydrogens (primary N) is 1. The molecular weight excluding hydrogens is 210 g/mol. The number of aliphatic carboxylic acids is 1. The van der Waals surface area contributed by atoms with Crippen LogP contribution in [0.5, 0.6) is 0 Å². The van der Waals surface area contributed by atoms with E-state index in [-0.39, 0.29) is 13.0 Å². The lowest BCUT2D eigenvalue weighted by molar-refractivity contribution is -0.151. The molecule has 0 unspecified atom stereocenters. The van der Waals surface area contributed by atoms with Crippen molar-refractivity contribution >= 4 is 11.9 Å². The first-order valence-corrected chi connectivity index (χ1v) is 5.31. The molecule has 5 heteroatoms. The molecular formula is C11H19NO4. The molecule has 0 rings (SSSR count). The maximum absolute atomic E-state index is 11.2. The fourth-order valence-electron chi connectivity index (χ4n) is 1.26. The van der Waals surface area contributed by atoms with E-state index in [1.807, 2.05) is 0 Å². The lowest BCUT2D eigenvalue weighted by Gasteiger charge is -2.10. The SMILES string of the molecule is C=CCOC(=O)C[C@@H](CCCCN)C(=O)O. The quantitative estimate of drug-likeness (QED) is 0.349. The van der Waals surface area contributed by atoms with Crippen molar-refractivity contribution < 1.29 is 19.4 Å². The first-order chi connectivity index (χ1) is 7.61. The Bertz CT molecular complexity index is 240. The zero-order valence-corrected chi connectivity index (χ0v) is 9.35. The van der Waals surface area contributed by atoms with Gasteiger partial charge in [0.1, 0.15) is 6.61 Å². The Morgan fingerprint density at radius 1 is 1.44 bits per heavy atom. The Balaban J connectivity index is 3.96. The van der Waals surface area contributed by atoms with E-state index in [9.17, 15) is 9.59 Å². The van der Waals surface area contributed by atoms with Gasteiger partial charge in [0.05, 0.1) is 12.3 Å². The summed E-state index contributed by atoms with van der Waals surface area (Å²) in [7, 11) is 0. The molecule has 16 heavy (non-hydrogen) atoms. The van der Waals surface area contributed by atoms with Gasteiger partial charge in [-0.25, -0.2) is 0 Å². The van der Waals surface area contributed by atoms with Gasteiger partial charge < -0.3 is 15.6 Å². The van der Waals surface area contributed by atoms with Gasteiger partial charge in [-0.05, 0) is 19.4 Å². The van der Waals surface area contributed by atoms with Crippen LogP contribution in [0.1, 0.15) is 25.7 Å². The molecule has 92 valence electrons. The van der Waals surface area contributed by atoms with Crippen LogP contribution in [-0.4, -0.2) is 30.2 Å². The van der Waals surface area contributed by atoms with Crippen molar-refractivity contribution in [2.45, 2.75) is 25.7 Å². The van der Waals surface area contributed by atoms with Crippen molar-refractivity contribution in [1.29, 1.82) is 0 Å². The number of hydrogen-bond donors (Lipinski definition) is 2. The van der Waals surface area contributed by atoms with E-state index in [2.05, 4.69) is 6.58 Å². The van der Waals surface area contributed by atoms with Gasteiger partial charge in [-0.3, -0.25) is 9.59 Å². The molecule has 0 spiro atoms. The lowest BCUT2D eigenvalue weighted by atomic mass is 9.98. The van der Waals surface area contributed by atoms with Crippen LogP contribution in [0.3, 0.4) is 0 Å². The van der Waals surface area contributed by atoms with Crippen molar-refractivity contribution in [1.82, 2.24) is 0 Å². The van der Waals surface area contributed by atoms with E-state index in [0.717, 1.165) is 6.42 Å². The van der Waals surface area contributed by atoms with Crippen molar-refractivity contribution in [3.63, 3.8) is 0 Å². The van der Waals surface area contributed by atoms with Gasteiger partial charge in [-0.2, -0.15) is 0 Å². The van der Waals surface area contributed by atoms with Gasteiger partial charge in [-0.15, -0.1) is 0 Å². The molecule has 0 aromatic heterocycles. The van der Waals surface area contributed by atoms with Gasteiger partial charge in [0, 0.05) is 0 Å². The highest BCUT2D eigenvalue weighted by Crippen LogP contribution is 2.13. The molecule has 0 fully saturated rings.